The predicted octanol–water partition coefficient (Wildman–Crippen LogP) is 1.27. The minimum Gasteiger partial charge on any atom is -0.397 e. The maximum absolute atomic E-state index is 11.3. The number of nitrogens with two attached hydrogens (primary N) is 2. The van der Waals surface area contributed by atoms with Crippen LogP contribution in [0.25, 0.3) is 0 Å². The van der Waals surface area contributed by atoms with Crippen molar-refractivity contribution in [1.29, 1.82) is 0 Å². The average Bonchev–Trinajstić information content (AvgIpc) is 2.36. The van der Waals surface area contributed by atoms with Crippen LogP contribution in [0.15, 0.2) is 23.1 Å². The first kappa shape index (κ1) is 16.1. The van der Waals surface area contributed by atoms with Gasteiger partial charge in [0.15, 0.2) is 0 Å². The molecule has 0 spiro atoms. The van der Waals surface area contributed by atoms with E-state index in [0.717, 1.165) is 25.7 Å². The topological polar surface area (TPSA) is 118 Å². The number of nitrogen functional groups attached to an aromatic ring is 1. The van der Waals surface area contributed by atoms with E-state index >= 15 is 0 Å². The third-order valence-electron chi connectivity index (χ3n) is 4.03. The molecule has 21 heavy (non-hydrogen) atoms. The molecule has 0 radical (unpaired) electrons. The van der Waals surface area contributed by atoms with E-state index in [-0.39, 0.29) is 4.90 Å². The number of nitrogens with one attached hydrogen (secondary N) is 1. The Hall–Kier alpha value is -1.31. The fourth-order valence-electron chi connectivity index (χ4n) is 2.93. The molecule has 1 aliphatic rings. The van der Waals surface area contributed by atoms with Gasteiger partial charge in [-0.25, -0.2) is 13.6 Å². The molecule has 0 bridgehead atoms. The third kappa shape index (κ3) is 4.09. The Kier molecular flexibility index (Phi) is 4.46. The molecule has 118 valence electrons. The normalized spacial score (nSPS) is 26.5. The minimum absolute atomic E-state index is 0.0180. The van der Waals surface area contributed by atoms with Gasteiger partial charge in [0.05, 0.1) is 21.9 Å². The van der Waals surface area contributed by atoms with Crippen LogP contribution in [0.2, 0.25) is 0 Å². The van der Waals surface area contributed by atoms with Gasteiger partial charge in [-0.05, 0) is 37.0 Å². The van der Waals surface area contributed by atoms with Crippen molar-refractivity contribution in [2.75, 3.05) is 17.6 Å². The second kappa shape index (κ2) is 5.82. The Morgan fingerprint density at radius 2 is 2.19 bits per heavy atom. The summed E-state index contributed by atoms with van der Waals surface area (Å²) in [6, 6.07) is 4.30. The maximum Gasteiger partial charge on any atom is 0.238 e. The highest BCUT2D eigenvalue weighted by Gasteiger charge is 2.32. The number of hydrogen-bond acceptors (Lipinski definition) is 5. The summed E-state index contributed by atoms with van der Waals surface area (Å²) in [5.41, 5.74) is 6.01. The molecule has 0 aromatic heterocycles. The Bertz CT molecular complexity index is 618. The molecule has 1 aromatic carbocycles. The van der Waals surface area contributed by atoms with Crippen LogP contribution in [0.4, 0.5) is 11.4 Å². The van der Waals surface area contributed by atoms with Gasteiger partial charge < -0.3 is 16.2 Å². The Balaban J connectivity index is 2.07. The molecule has 0 amide bonds. The minimum atomic E-state index is -3.75. The van der Waals surface area contributed by atoms with E-state index < -0.39 is 15.6 Å². The quantitative estimate of drug-likeness (QED) is 0.624. The first-order chi connectivity index (χ1) is 9.70. The lowest BCUT2D eigenvalue weighted by Gasteiger charge is -2.36. The van der Waals surface area contributed by atoms with Crippen LogP contribution in [-0.2, 0) is 10.0 Å². The van der Waals surface area contributed by atoms with Crippen molar-refractivity contribution in [1.82, 2.24) is 0 Å². The second-order valence-corrected chi connectivity index (χ2v) is 7.63. The van der Waals surface area contributed by atoms with Crippen LogP contribution in [0.3, 0.4) is 0 Å². The van der Waals surface area contributed by atoms with Crippen molar-refractivity contribution >= 4 is 21.4 Å². The first-order valence-electron chi connectivity index (χ1n) is 7.08. The summed E-state index contributed by atoms with van der Waals surface area (Å²) < 4.78 is 22.5. The standard InChI is InChI=1S/C14H23N3O3S/c1-10-3-2-6-14(18,8-10)9-17-13-5-4-11(7-12(13)15)21(16,19)20/h4-5,7,10,17-18H,2-3,6,8-9,15H2,1H3,(H2,16,19,20). The number of primary sulfonamides is 1. The summed E-state index contributed by atoms with van der Waals surface area (Å²) in [5, 5.41) is 18.7. The molecule has 2 atom stereocenters. The molecule has 0 heterocycles. The van der Waals surface area contributed by atoms with E-state index in [9.17, 15) is 13.5 Å². The molecule has 6 nitrogen and oxygen atoms in total. The van der Waals surface area contributed by atoms with E-state index in [1.165, 1.54) is 12.1 Å². The summed E-state index contributed by atoms with van der Waals surface area (Å²) in [5.74, 6) is 0.507. The smallest absolute Gasteiger partial charge is 0.238 e. The molecule has 1 aromatic rings. The zero-order valence-electron chi connectivity index (χ0n) is 12.2. The first-order valence-corrected chi connectivity index (χ1v) is 8.63. The molecule has 1 fully saturated rings. The SMILES string of the molecule is CC1CCCC(O)(CNc2ccc(S(N)(=O)=O)cc2N)C1. The average molecular weight is 313 g/mol. The number of hydrogen-bond donors (Lipinski definition) is 4. The van der Waals surface area contributed by atoms with Crippen molar-refractivity contribution in [2.45, 2.75) is 43.1 Å². The highest BCUT2D eigenvalue weighted by atomic mass is 32.2. The number of benzene rings is 1. The van der Waals surface area contributed by atoms with Crippen LogP contribution in [0, 0.1) is 5.92 Å². The monoisotopic (exact) mass is 313 g/mol. The number of sulfonamides is 1. The van der Waals surface area contributed by atoms with Gasteiger partial charge in [-0.2, -0.15) is 0 Å². The van der Waals surface area contributed by atoms with Gasteiger partial charge in [0.1, 0.15) is 0 Å². The van der Waals surface area contributed by atoms with Gasteiger partial charge in [0.2, 0.25) is 10.0 Å². The second-order valence-electron chi connectivity index (χ2n) is 6.07. The van der Waals surface area contributed by atoms with Gasteiger partial charge in [0.25, 0.3) is 0 Å². The summed E-state index contributed by atoms with van der Waals surface area (Å²) in [6.45, 7) is 2.54. The van der Waals surface area contributed by atoms with E-state index in [2.05, 4.69) is 12.2 Å². The fraction of sp³-hybridized carbons (Fsp3) is 0.571. The molecule has 0 aliphatic heterocycles. The largest absolute Gasteiger partial charge is 0.397 e. The number of rotatable bonds is 4. The lowest BCUT2D eigenvalue weighted by Crippen LogP contribution is -2.41. The molecule has 0 saturated heterocycles. The van der Waals surface area contributed by atoms with E-state index in [0.29, 0.717) is 23.8 Å². The Morgan fingerprint density at radius 1 is 1.48 bits per heavy atom. The van der Waals surface area contributed by atoms with Gasteiger partial charge in [0, 0.05) is 6.54 Å². The van der Waals surface area contributed by atoms with Gasteiger partial charge >= 0.3 is 0 Å². The van der Waals surface area contributed by atoms with Gasteiger partial charge in [-0.15, -0.1) is 0 Å². The molecular formula is C14H23N3O3S. The van der Waals surface area contributed by atoms with Gasteiger partial charge in [-0.3, -0.25) is 0 Å². The molecule has 7 heteroatoms. The van der Waals surface area contributed by atoms with E-state index in [1.807, 2.05) is 0 Å². The van der Waals surface area contributed by atoms with Crippen LogP contribution in [0.5, 0.6) is 0 Å². The summed E-state index contributed by atoms with van der Waals surface area (Å²) in [6.07, 6.45) is 3.68. The van der Waals surface area contributed by atoms with Crippen molar-refractivity contribution in [2.24, 2.45) is 11.1 Å². The zero-order chi connectivity index (χ0) is 15.7. The lowest BCUT2D eigenvalue weighted by atomic mass is 9.79. The van der Waals surface area contributed by atoms with Crippen LogP contribution >= 0.6 is 0 Å². The fourth-order valence-corrected chi connectivity index (χ4v) is 3.48. The van der Waals surface area contributed by atoms with Crippen molar-refractivity contribution in [3.8, 4) is 0 Å². The van der Waals surface area contributed by atoms with Crippen LogP contribution in [0.1, 0.15) is 32.6 Å². The highest BCUT2D eigenvalue weighted by Crippen LogP contribution is 2.33. The molecule has 2 unspecified atom stereocenters. The molecule has 1 saturated carbocycles. The molecular weight excluding hydrogens is 290 g/mol. The molecule has 6 N–H and O–H groups in total. The number of anilines is 2. The van der Waals surface area contributed by atoms with Crippen molar-refractivity contribution < 1.29 is 13.5 Å². The lowest BCUT2D eigenvalue weighted by molar-refractivity contribution is -0.000749. The zero-order valence-corrected chi connectivity index (χ0v) is 13.0. The van der Waals surface area contributed by atoms with Crippen LogP contribution in [-0.4, -0.2) is 25.7 Å². The van der Waals surface area contributed by atoms with Crippen molar-refractivity contribution in [3.05, 3.63) is 18.2 Å². The maximum atomic E-state index is 11.3. The number of aliphatic hydroxyl groups is 1. The van der Waals surface area contributed by atoms with Crippen LogP contribution < -0.4 is 16.2 Å². The third-order valence-corrected chi connectivity index (χ3v) is 4.94. The van der Waals surface area contributed by atoms with E-state index in [4.69, 9.17) is 10.9 Å². The van der Waals surface area contributed by atoms with Crippen molar-refractivity contribution in [3.63, 3.8) is 0 Å². The Morgan fingerprint density at radius 3 is 2.76 bits per heavy atom. The summed E-state index contributed by atoms with van der Waals surface area (Å²) in [4.78, 5) is -0.0180. The molecule has 2 rings (SSSR count). The predicted molar refractivity (Wildman–Crippen MR) is 83.3 cm³/mol. The summed E-state index contributed by atoms with van der Waals surface area (Å²) >= 11 is 0. The van der Waals surface area contributed by atoms with Gasteiger partial charge in [-0.1, -0.05) is 19.8 Å². The van der Waals surface area contributed by atoms with E-state index in [1.54, 1.807) is 6.07 Å². The Labute approximate surface area is 125 Å². The summed E-state index contributed by atoms with van der Waals surface area (Å²) in [7, 11) is -3.75. The highest BCUT2D eigenvalue weighted by molar-refractivity contribution is 7.89. The molecule has 1 aliphatic carbocycles.